The highest BCUT2D eigenvalue weighted by atomic mass is 35.5. The average molecular weight is 354 g/mol. The van der Waals surface area contributed by atoms with Crippen molar-refractivity contribution in [3.8, 4) is 0 Å². The fourth-order valence-electron chi connectivity index (χ4n) is 2.20. The van der Waals surface area contributed by atoms with E-state index in [4.69, 9.17) is 11.6 Å². The van der Waals surface area contributed by atoms with Gasteiger partial charge in [-0.05, 0) is 48.6 Å². The summed E-state index contributed by atoms with van der Waals surface area (Å²) in [6.07, 6.45) is 0. The minimum Gasteiger partial charge on any atom is -0.350 e. The number of nitro groups is 1. The van der Waals surface area contributed by atoms with Crippen molar-refractivity contribution in [1.82, 2.24) is 10.2 Å². The largest absolute Gasteiger partial charge is 0.350 e. The first-order valence-electron chi connectivity index (χ1n) is 6.81. The Balaban J connectivity index is 2.16. The van der Waals surface area contributed by atoms with Crippen LogP contribution in [0.15, 0.2) is 35.0 Å². The van der Waals surface area contributed by atoms with Gasteiger partial charge in [-0.1, -0.05) is 11.6 Å². The summed E-state index contributed by atoms with van der Waals surface area (Å²) in [6, 6.07) is 5.92. The molecule has 0 saturated heterocycles. The summed E-state index contributed by atoms with van der Waals surface area (Å²) < 4.78 is 0. The normalized spacial score (nSPS) is 12.2. The first kappa shape index (κ1) is 17.4. The highest BCUT2D eigenvalue weighted by molar-refractivity contribution is 7.07. The summed E-state index contributed by atoms with van der Waals surface area (Å²) in [5.41, 5.74) is 0.787. The molecule has 0 fully saturated rings. The van der Waals surface area contributed by atoms with E-state index in [9.17, 15) is 14.9 Å². The molecule has 0 bridgehead atoms. The van der Waals surface area contributed by atoms with E-state index in [0.717, 1.165) is 5.56 Å². The Hall–Kier alpha value is -1.96. The number of rotatable bonds is 6. The molecular weight excluding hydrogens is 338 g/mol. The van der Waals surface area contributed by atoms with Gasteiger partial charge in [-0.3, -0.25) is 14.9 Å². The van der Waals surface area contributed by atoms with Crippen LogP contribution in [0.25, 0.3) is 0 Å². The number of amides is 1. The Kier molecular flexibility index (Phi) is 5.70. The number of nitrogens with one attached hydrogen (secondary N) is 1. The molecule has 1 atom stereocenters. The standard InChI is InChI=1S/C15H16ClN3O3S/c1-18(2)14(10-5-6-23-9-10)8-17-15(20)12-7-11(16)3-4-13(12)19(21)22/h3-7,9,14H,8H2,1-2H3,(H,17,20). The van der Waals surface area contributed by atoms with E-state index in [0.29, 0.717) is 6.54 Å². The molecule has 23 heavy (non-hydrogen) atoms. The summed E-state index contributed by atoms with van der Waals surface area (Å²) in [6.45, 7) is 0.340. The van der Waals surface area contributed by atoms with Crippen molar-refractivity contribution in [3.63, 3.8) is 0 Å². The molecule has 122 valence electrons. The van der Waals surface area contributed by atoms with E-state index in [2.05, 4.69) is 5.32 Å². The molecule has 2 rings (SSSR count). The number of hydrogen-bond acceptors (Lipinski definition) is 5. The monoisotopic (exact) mass is 353 g/mol. The van der Waals surface area contributed by atoms with Gasteiger partial charge in [-0.25, -0.2) is 0 Å². The lowest BCUT2D eigenvalue weighted by molar-refractivity contribution is -0.385. The topological polar surface area (TPSA) is 75.5 Å². The molecule has 1 aromatic heterocycles. The molecule has 1 heterocycles. The number of carbonyl (C=O) groups is 1. The van der Waals surface area contributed by atoms with Crippen molar-refractivity contribution in [3.05, 3.63) is 61.3 Å². The van der Waals surface area contributed by atoms with E-state index in [1.54, 1.807) is 11.3 Å². The molecule has 1 N–H and O–H groups in total. The van der Waals surface area contributed by atoms with Gasteiger partial charge in [0.1, 0.15) is 5.56 Å². The highest BCUT2D eigenvalue weighted by Gasteiger charge is 2.22. The average Bonchev–Trinajstić information content (AvgIpc) is 3.00. The third-order valence-corrected chi connectivity index (χ3v) is 4.34. The maximum absolute atomic E-state index is 12.3. The zero-order chi connectivity index (χ0) is 17.0. The first-order valence-corrected chi connectivity index (χ1v) is 8.13. The van der Waals surface area contributed by atoms with Crippen molar-refractivity contribution in [2.24, 2.45) is 0 Å². The van der Waals surface area contributed by atoms with Crippen molar-refractivity contribution in [2.75, 3.05) is 20.6 Å². The second kappa shape index (κ2) is 7.54. The number of nitrogens with zero attached hydrogens (tertiary/aromatic N) is 2. The summed E-state index contributed by atoms with van der Waals surface area (Å²) >= 11 is 7.43. The van der Waals surface area contributed by atoms with E-state index in [1.165, 1.54) is 18.2 Å². The van der Waals surface area contributed by atoms with Crippen LogP contribution in [-0.2, 0) is 0 Å². The predicted octanol–water partition coefficient (Wildman–Crippen LogP) is 3.34. The van der Waals surface area contributed by atoms with Gasteiger partial charge < -0.3 is 10.2 Å². The van der Waals surface area contributed by atoms with Crippen LogP contribution in [0.5, 0.6) is 0 Å². The summed E-state index contributed by atoms with van der Waals surface area (Å²) in [5.74, 6) is -0.513. The molecular formula is C15H16ClN3O3S. The van der Waals surface area contributed by atoms with Gasteiger partial charge in [0.25, 0.3) is 11.6 Å². The molecule has 0 radical (unpaired) electrons. The molecule has 0 saturated carbocycles. The van der Waals surface area contributed by atoms with Crippen LogP contribution in [0, 0.1) is 10.1 Å². The fourth-order valence-corrected chi connectivity index (χ4v) is 3.08. The fraction of sp³-hybridized carbons (Fsp3) is 0.267. The highest BCUT2D eigenvalue weighted by Crippen LogP contribution is 2.24. The van der Waals surface area contributed by atoms with Crippen molar-refractivity contribution in [2.45, 2.75) is 6.04 Å². The van der Waals surface area contributed by atoms with Gasteiger partial charge in [-0.2, -0.15) is 11.3 Å². The molecule has 1 unspecified atom stereocenters. The molecule has 1 aromatic carbocycles. The van der Waals surface area contributed by atoms with Crippen LogP contribution in [0.3, 0.4) is 0 Å². The van der Waals surface area contributed by atoms with Crippen molar-refractivity contribution < 1.29 is 9.72 Å². The quantitative estimate of drug-likeness (QED) is 0.638. The number of carbonyl (C=O) groups excluding carboxylic acids is 1. The van der Waals surface area contributed by atoms with E-state index >= 15 is 0 Å². The minimum atomic E-state index is -0.590. The van der Waals surface area contributed by atoms with Crippen LogP contribution >= 0.6 is 22.9 Å². The zero-order valence-corrected chi connectivity index (χ0v) is 14.2. The van der Waals surface area contributed by atoms with Gasteiger partial charge in [0.05, 0.1) is 11.0 Å². The van der Waals surface area contributed by atoms with Gasteiger partial charge in [0, 0.05) is 17.6 Å². The molecule has 1 amide bonds. The van der Waals surface area contributed by atoms with Gasteiger partial charge in [0.15, 0.2) is 0 Å². The summed E-state index contributed by atoms with van der Waals surface area (Å²) in [7, 11) is 3.83. The molecule has 0 aliphatic heterocycles. The smallest absolute Gasteiger partial charge is 0.282 e. The molecule has 2 aromatic rings. The Morgan fingerprint density at radius 3 is 2.74 bits per heavy atom. The van der Waals surface area contributed by atoms with Gasteiger partial charge in [-0.15, -0.1) is 0 Å². The second-order valence-corrected chi connectivity index (χ2v) is 6.38. The van der Waals surface area contributed by atoms with Crippen molar-refractivity contribution >= 4 is 34.5 Å². The number of halogens is 1. The predicted molar refractivity (Wildman–Crippen MR) is 91.2 cm³/mol. The van der Waals surface area contributed by atoms with E-state index in [1.807, 2.05) is 35.8 Å². The van der Waals surface area contributed by atoms with Crippen LogP contribution in [0.4, 0.5) is 5.69 Å². The summed E-state index contributed by atoms with van der Waals surface area (Å²) in [5, 5.41) is 18.1. The van der Waals surface area contributed by atoms with E-state index in [-0.39, 0.29) is 22.3 Å². The molecule has 0 aliphatic rings. The third kappa shape index (κ3) is 4.28. The van der Waals surface area contributed by atoms with Gasteiger partial charge >= 0.3 is 0 Å². The SMILES string of the molecule is CN(C)C(CNC(=O)c1cc(Cl)ccc1[N+](=O)[O-])c1ccsc1. The van der Waals surface area contributed by atoms with Crippen LogP contribution in [0.2, 0.25) is 5.02 Å². The Morgan fingerprint density at radius 2 is 2.17 bits per heavy atom. The third-order valence-electron chi connectivity index (χ3n) is 3.41. The lowest BCUT2D eigenvalue weighted by Gasteiger charge is -2.24. The van der Waals surface area contributed by atoms with E-state index < -0.39 is 10.8 Å². The lowest BCUT2D eigenvalue weighted by atomic mass is 10.1. The maximum Gasteiger partial charge on any atom is 0.282 e. The maximum atomic E-state index is 12.3. The lowest BCUT2D eigenvalue weighted by Crippen LogP contribution is -2.34. The Bertz CT molecular complexity index is 704. The molecule has 6 nitrogen and oxygen atoms in total. The molecule has 0 aliphatic carbocycles. The molecule has 8 heteroatoms. The van der Waals surface area contributed by atoms with Gasteiger partial charge in [0.2, 0.25) is 0 Å². The number of thiophene rings is 1. The molecule has 0 spiro atoms. The van der Waals surface area contributed by atoms with Crippen LogP contribution in [0.1, 0.15) is 22.0 Å². The van der Waals surface area contributed by atoms with Crippen molar-refractivity contribution in [1.29, 1.82) is 0 Å². The second-order valence-electron chi connectivity index (χ2n) is 5.16. The number of benzene rings is 1. The van der Waals surface area contributed by atoms with Crippen LogP contribution < -0.4 is 5.32 Å². The number of nitro benzene ring substituents is 1. The Labute approximate surface area is 142 Å². The number of likely N-dealkylation sites (N-methyl/N-ethyl adjacent to an activating group) is 1. The number of hydrogen-bond donors (Lipinski definition) is 1. The zero-order valence-electron chi connectivity index (χ0n) is 12.7. The van der Waals surface area contributed by atoms with Crippen LogP contribution in [-0.4, -0.2) is 36.4 Å². The first-order chi connectivity index (χ1) is 10.9. The Morgan fingerprint density at radius 1 is 1.43 bits per heavy atom. The minimum absolute atomic E-state index is 0.0107. The summed E-state index contributed by atoms with van der Waals surface area (Å²) in [4.78, 5) is 24.8.